The Bertz CT molecular complexity index is 472. The second-order valence-electron chi connectivity index (χ2n) is 6.54. The molecule has 2 aliphatic heterocycles. The fourth-order valence-corrected chi connectivity index (χ4v) is 2.80. The first-order chi connectivity index (χ1) is 13.2. The molecule has 0 saturated carbocycles. The van der Waals surface area contributed by atoms with Crippen LogP contribution >= 0.6 is 0 Å². The first kappa shape index (κ1) is 23.7. The standard InChI is InChI=1S/C14H28N2O12/c1-16(24)15-4-26-14-12(23)10(21)8(19)6(28-14)3-25-13-11(22)9(20)7(18)5(2-17)27-13/h5-15,17-24H,2-4H2,1H3/t5-,6-,7+,8-,9-,10+,11-,12-,13-,14-/m1/s1. The summed E-state index contributed by atoms with van der Waals surface area (Å²) in [6.07, 6.45) is -14.9. The van der Waals surface area contributed by atoms with Gasteiger partial charge in [-0.1, -0.05) is 0 Å². The van der Waals surface area contributed by atoms with E-state index in [0.29, 0.717) is 5.17 Å². The topological polar surface area (TPSA) is 214 Å². The summed E-state index contributed by atoms with van der Waals surface area (Å²) in [7, 11) is 1.28. The van der Waals surface area contributed by atoms with Gasteiger partial charge in [-0.05, 0) is 0 Å². The van der Waals surface area contributed by atoms with Gasteiger partial charge in [0.2, 0.25) is 0 Å². The minimum absolute atomic E-state index is 0.294. The van der Waals surface area contributed by atoms with Gasteiger partial charge in [-0.3, -0.25) is 5.21 Å². The first-order valence-corrected chi connectivity index (χ1v) is 8.56. The van der Waals surface area contributed by atoms with Crippen LogP contribution in [-0.2, 0) is 18.9 Å². The molecule has 0 aromatic rings. The molecule has 0 amide bonds. The van der Waals surface area contributed by atoms with Crippen LogP contribution in [0, 0.1) is 0 Å². The lowest BCUT2D eigenvalue weighted by atomic mass is 9.98. The lowest BCUT2D eigenvalue weighted by molar-refractivity contribution is -0.333. The molecule has 2 heterocycles. The summed E-state index contributed by atoms with van der Waals surface area (Å²) >= 11 is 0. The van der Waals surface area contributed by atoms with Crippen LogP contribution in [-0.4, -0.2) is 135 Å². The van der Waals surface area contributed by atoms with Gasteiger partial charge in [0.25, 0.3) is 0 Å². The highest BCUT2D eigenvalue weighted by atomic mass is 16.7. The van der Waals surface area contributed by atoms with E-state index in [9.17, 15) is 30.6 Å². The number of aliphatic hydroxyl groups is 7. The largest absolute Gasteiger partial charge is 0.394 e. The third-order valence-corrected chi connectivity index (χ3v) is 4.48. The monoisotopic (exact) mass is 416 g/mol. The second kappa shape index (κ2) is 10.5. The number of nitrogens with one attached hydrogen (secondary N) is 1. The molecule has 14 heteroatoms. The number of ether oxygens (including phenoxy) is 4. The van der Waals surface area contributed by atoms with Crippen LogP contribution in [0.3, 0.4) is 0 Å². The molecular formula is C14H28N2O12. The molecule has 2 fully saturated rings. The Labute approximate surface area is 160 Å². The van der Waals surface area contributed by atoms with Crippen LogP contribution in [0.2, 0.25) is 0 Å². The zero-order chi connectivity index (χ0) is 21.0. The molecule has 2 rings (SSSR count). The highest BCUT2D eigenvalue weighted by Crippen LogP contribution is 2.25. The van der Waals surface area contributed by atoms with E-state index in [2.05, 4.69) is 5.43 Å². The van der Waals surface area contributed by atoms with Crippen molar-refractivity contribution in [1.29, 1.82) is 0 Å². The predicted octanol–water partition coefficient (Wildman–Crippen LogP) is -5.59. The van der Waals surface area contributed by atoms with Gasteiger partial charge in [0.15, 0.2) is 12.6 Å². The zero-order valence-corrected chi connectivity index (χ0v) is 15.1. The van der Waals surface area contributed by atoms with Gasteiger partial charge in [0.1, 0.15) is 55.6 Å². The Balaban J connectivity index is 1.93. The molecule has 9 N–H and O–H groups in total. The number of nitrogens with zero attached hydrogens (tertiary/aromatic N) is 1. The zero-order valence-electron chi connectivity index (χ0n) is 15.1. The quantitative estimate of drug-likeness (QED) is 0.133. The van der Waals surface area contributed by atoms with Gasteiger partial charge >= 0.3 is 0 Å². The van der Waals surface area contributed by atoms with Crippen molar-refractivity contribution in [2.75, 3.05) is 27.0 Å². The van der Waals surface area contributed by atoms with Crippen molar-refractivity contribution < 1.29 is 59.9 Å². The first-order valence-electron chi connectivity index (χ1n) is 8.56. The summed E-state index contributed by atoms with van der Waals surface area (Å²) in [6.45, 7) is -1.39. The normalized spacial score (nSPS) is 44.8. The fourth-order valence-electron chi connectivity index (χ4n) is 2.80. The molecule has 0 aromatic heterocycles. The van der Waals surface area contributed by atoms with Gasteiger partial charge in [0.05, 0.1) is 13.2 Å². The van der Waals surface area contributed by atoms with Crippen molar-refractivity contribution >= 4 is 0 Å². The van der Waals surface area contributed by atoms with E-state index in [4.69, 9.17) is 29.3 Å². The summed E-state index contributed by atoms with van der Waals surface area (Å²) < 4.78 is 20.9. The van der Waals surface area contributed by atoms with Crippen molar-refractivity contribution in [2.45, 2.75) is 61.4 Å². The van der Waals surface area contributed by atoms with E-state index in [1.54, 1.807) is 0 Å². The maximum atomic E-state index is 10.1. The molecule has 14 nitrogen and oxygen atoms in total. The van der Waals surface area contributed by atoms with Crippen LogP contribution in [0.15, 0.2) is 0 Å². The predicted molar refractivity (Wildman–Crippen MR) is 85.0 cm³/mol. The molecule has 10 atom stereocenters. The number of hydroxylamine groups is 1. The molecule has 0 bridgehead atoms. The fraction of sp³-hybridized carbons (Fsp3) is 1.00. The lowest BCUT2D eigenvalue weighted by Gasteiger charge is -2.42. The van der Waals surface area contributed by atoms with Gasteiger partial charge in [-0.2, -0.15) is 0 Å². The van der Waals surface area contributed by atoms with Crippen LogP contribution in [0.5, 0.6) is 0 Å². The summed E-state index contributed by atoms with van der Waals surface area (Å²) in [6, 6.07) is 0. The summed E-state index contributed by atoms with van der Waals surface area (Å²) in [5.74, 6) is 0. The second-order valence-corrected chi connectivity index (χ2v) is 6.54. The number of hydrogen-bond acceptors (Lipinski definition) is 14. The van der Waals surface area contributed by atoms with Crippen LogP contribution in [0.1, 0.15) is 0 Å². The van der Waals surface area contributed by atoms with Crippen LogP contribution in [0.4, 0.5) is 0 Å². The maximum Gasteiger partial charge on any atom is 0.188 e. The Morgan fingerprint density at radius 3 is 1.82 bits per heavy atom. The molecule has 166 valence electrons. The van der Waals surface area contributed by atoms with Gasteiger partial charge in [0, 0.05) is 7.05 Å². The average Bonchev–Trinajstić information content (AvgIpc) is 2.66. The highest BCUT2D eigenvalue weighted by Gasteiger charge is 2.47. The van der Waals surface area contributed by atoms with E-state index < -0.39 is 74.6 Å². The van der Waals surface area contributed by atoms with Crippen LogP contribution in [0.25, 0.3) is 0 Å². The minimum Gasteiger partial charge on any atom is -0.394 e. The van der Waals surface area contributed by atoms with E-state index in [-0.39, 0.29) is 6.73 Å². The van der Waals surface area contributed by atoms with Crippen molar-refractivity contribution in [3.05, 3.63) is 0 Å². The van der Waals surface area contributed by atoms with Crippen molar-refractivity contribution in [1.82, 2.24) is 10.6 Å². The minimum atomic E-state index is -1.65. The summed E-state index contributed by atoms with van der Waals surface area (Å²) in [4.78, 5) is 0. The molecule has 0 radical (unpaired) electrons. The molecule has 0 aromatic carbocycles. The van der Waals surface area contributed by atoms with Gasteiger partial charge in [-0.15, -0.1) is 5.17 Å². The van der Waals surface area contributed by atoms with Crippen molar-refractivity contribution in [2.24, 2.45) is 0 Å². The molecule has 0 aliphatic carbocycles. The smallest absolute Gasteiger partial charge is 0.188 e. The van der Waals surface area contributed by atoms with Crippen LogP contribution < -0.4 is 5.43 Å². The highest BCUT2D eigenvalue weighted by molar-refractivity contribution is 4.91. The Morgan fingerprint density at radius 1 is 0.786 bits per heavy atom. The maximum absolute atomic E-state index is 10.1. The number of hydrogen-bond donors (Lipinski definition) is 9. The summed E-state index contributed by atoms with van der Waals surface area (Å²) in [5, 5.41) is 78.1. The Kier molecular flexibility index (Phi) is 8.86. The third kappa shape index (κ3) is 5.53. The van der Waals surface area contributed by atoms with Crippen molar-refractivity contribution in [3.8, 4) is 0 Å². The van der Waals surface area contributed by atoms with E-state index in [1.807, 2.05) is 0 Å². The van der Waals surface area contributed by atoms with E-state index >= 15 is 0 Å². The Morgan fingerprint density at radius 2 is 1.29 bits per heavy atom. The molecule has 2 saturated heterocycles. The molecule has 2 aliphatic rings. The van der Waals surface area contributed by atoms with E-state index in [0.717, 1.165) is 0 Å². The molecule has 0 spiro atoms. The van der Waals surface area contributed by atoms with Gasteiger partial charge in [-0.25, -0.2) is 5.43 Å². The lowest BCUT2D eigenvalue weighted by Crippen LogP contribution is -2.62. The number of aliphatic hydroxyl groups excluding tert-OH is 7. The van der Waals surface area contributed by atoms with E-state index in [1.165, 1.54) is 7.05 Å². The third-order valence-electron chi connectivity index (χ3n) is 4.48. The molecule has 0 unspecified atom stereocenters. The Hall–Kier alpha value is -0.560. The number of rotatable bonds is 8. The van der Waals surface area contributed by atoms with Crippen molar-refractivity contribution in [3.63, 3.8) is 0 Å². The van der Waals surface area contributed by atoms with Gasteiger partial charge < -0.3 is 54.7 Å². The summed E-state index contributed by atoms with van der Waals surface area (Å²) in [5.41, 5.74) is 2.34. The SMILES string of the molecule is CN(O)NCO[C@@H]1O[C@H](CO[C@@H]2O[C@H](CO)[C@H](O)[C@@H](O)[C@H]2O)[C@@H](O)[C@H](O)[C@H]1O. The average molecular weight is 416 g/mol. The molecular weight excluding hydrogens is 388 g/mol. The number of hydrazine groups is 1. The molecule has 28 heavy (non-hydrogen) atoms.